The molecule has 200 valence electrons. The molecule has 0 heterocycles. The number of rotatable bonds is 8. The highest BCUT2D eigenvalue weighted by molar-refractivity contribution is 5.94. The van der Waals surface area contributed by atoms with Crippen molar-refractivity contribution < 1.29 is 19.8 Å². The normalized spacial score (nSPS) is 12.0. The Hall–Kier alpha value is -2.50. The second-order valence-electron chi connectivity index (χ2n) is 9.60. The van der Waals surface area contributed by atoms with Gasteiger partial charge in [-0.2, -0.15) is 0 Å². The second-order valence-corrected chi connectivity index (χ2v) is 9.60. The third kappa shape index (κ3) is 23.0. The maximum atomic E-state index is 11.2. The average Bonchev–Trinajstić information content (AvgIpc) is 2.78. The third-order valence-electron chi connectivity index (χ3n) is 4.58. The lowest BCUT2D eigenvalue weighted by molar-refractivity contribution is -0.117. The minimum atomic E-state index is -1.20. The Balaban J connectivity index is -0.000000500. The monoisotopic (exact) mass is 489 g/mol. The van der Waals surface area contributed by atoms with E-state index in [1.165, 1.54) is 0 Å². The van der Waals surface area contributed by atoms with E-state index >= 15 is 0 Å². The predicted molar refractivity (Wildman–Crippen MR) is 150 cm³/mol. The summed E-state index contributed by atoms with van der Waals surface area (Å²) >= 11 is 0. The molecule has 0 bridgehead atoms. The van der Waals surface area contributed by atoms with Gasteiger partial charge in [-0.25, -0.2) is 0 Å². The molecule has 0 saturated heterocycles. The molecular weight excluding hydrogens is 438 g/mol. The van der Waals surface area contributed by atoms with Crippen LogP contribution in [-0.4, -0.2) is 28.1 Å². The number of nitrogens with two attached hydrogens (primary N) is 1. The molecule has 0 spiro atoms. The molecular formula is C30H51NO4. The summed E-state index contributed by atoms with van der Waals surface area (Å²) in [4.78, 5) is 21.5. The molecule has 0 aliphatic rings. The fourth-order valence-corrected chi connectivity index (χ4v) is 2.07. The van der Waals surface area contributed by atoms with E-state index in [9.17, 15) is 9.59 Å². The van der Waals surface area contributed by atoms with Gasteiger partial charge in [-0.15, -0.1) is 0 Å². The summed E-state index contributed by atoms with van der Waals surface area (Å²) in [6.45, 7) is 22.4. The molecule has 5 heteroatoms. The smallest absolute Gasteiger partial charge is 0.159 e. The van der Waals surface area contributed by atoms with Crippen LogP contribution in [0.2, 0.25) is 0 Å². The Kier molecular flexibility index (Phi) is 22.1. The molecule has 0 aromatic heterocycles. The van der Waals surface area contributed by atoms with Crippen LogP contribution >= 0.6 is 0 Å². The Morgan fingerprint density at radius 3 is 1.77 bits per heavy atom. The molecule has 1 aromatic carbocycles. The zero-order valence-electron chi connectivity index (χ0n) is 23.8. The lowest BCUT2D eigenvalue weighted by atomic mass is 9.96. The quantitative estimate of drug-likeness (QED) is 0.208. The highest BCUT2D eigenvalue weighted by Crippen LogP contribution is 2.18. The Morgan fingerprint density at radius 2 is 1.49 bits per heavy atom. The molecule has 5 nitrogen and oxygen atoms in total. The zero-order chi connectivity index (χ0) is 28.2. The number of hydrogen-bond acceptors (Lipinski definition) is 5. The Bertz CT molecular complexity index is 767. The van der Waals surface area contributed by atoms with E-state index in [-0.39, 0.29) is 17.1 Å². The lowest BCUT2D eigenvalue weighted by Crippen LogP contribution is -2.24. The fraction of sp³-hybridized carbons (Fsp3) is 0.533. The number of aliphatic hydroxyl groups excluding tert-OH is 1. The molecule has 0 aliphatic carbocycles. The van der Waals surface area contributed by atoms with Crippen LogP contribution in [0.4, 0.5) is 0 Å². The van der Waals surface area contributed by atoms with Crippen molar-refractivity contribution in [2.75, 3.05) is 0 Å². The Labute approximate surface area is 214 Å². The van der Waals surface area contributed by atoms with Crippen LogP contribution in [0, 0.1) is 11.3 Å². The first-order valence-electron chi connectivity index (χ1n) is 12.3. The van der Waals surface area contributed by atoms with E-state index in [0.29, 0.717) is 17.4 Å². The van der Waals surface area contributed by atoms with Gasteiger partial charge in [0.1, 0.15) is 5.78 Å². The summed E-state index contributed by atoms with van der Waals surface area (Å²) in [5, 5.41) is 16.9. The lowest BCUT2D eigenvalue weighted by Gasteiger charge is -2.19. The summed E-state index contributed by atoms with van der Waals surface area (Å²) in [6, 6.07) is 7.65. The van der Waals surface area contributed by atoms with E-state index in [4.69, 9.17) is 15.9 Å². The maximum Gasteiger partial charge on any atom is 0.159 e. The van der Waals surface area contributed by atoms with E-state index in [0.717, 1.165) is 24.0 Å². The predicted octanol–water partition coefficient (Wildman–Crippen LogP) is 6.96. The van der Waals surface area contributed by atoms with Crippen molar-refractivity contribution in [1.29, 1.82) is 0 Å². The number of carbonyl (C=O) groups excluding carboxylic acids is 2. The maximum absolute atomic E-state index is 11.2. The molecule has 35 heavy (non-hydrogen) atoms. The van der Waals surface area contributed by atoms with Crippen LogP contribution in [0.3, 0.4) is 0 Å². The number of ketones is 2. The van der Waals surface area contributed by atoms with Gasteiger partial charge in [-0.05, 0) is 49.8 Å². The van der Waals surface area contributed by atoms with Crippen molar-refractivity contribution in [1.82, 2.24) is 0 Å². The molecule has 1 unspecified atom stereocenters. The number of carbonyl (C=O) groups is 2. The van der Waals surface area contributed by atoms with Gasteiger partial charge < -0.3 is 20.7 Å². The third-order valence-corrected chi connectivity index (χ3v) is 4.58. The topological polar surface area (TPSA) is 101 Å². The number of Topliss-reactive ketones (excluding diaryl/α,β-unsaturated/α-hetero) is 2. The number of benzene rings is 1. The highest BCUT2D eigenvalue weighted by atomic mass is 16.5. The van der Waals surface area contributed by atoms with Gasteiger partial charge in [0, 0.05) is 23.1 Å². The molecule has 0 saturated carbocycles. The first kappa shape index (κ1) is 37.1. The summed E-state index contributed by atoms with van der Waals surface area (Å²) in [5.74, 6) is 1.31. The molecule has 1 atom stereocenters. The van der Waals surface area contributed by atoms with Gasteiger partial charge >= 0.3 is 0 Å². The van der Waals surface area contributed by atoms with Crippen LogP contribution in [0.1, 0.15) is 104 Å². The first-order chi connectivity index (χ1) is 16.1. The second kappa shape index (κ2) is 20.8. The standard InChI is InChI=1S/C16H19NO.C7H14O.C5H12O2.C2H6/c1-4-5-16(17)11-6-12(2)14-7-9-15(10-8-14)13(3)18;1-6(2)4-5-7(3)8;1-5(2,3)4(6)7;1-2/h4-12H,1,17H2,2-3H3;6H,4-5H2,1-3H3;4,6-7H,1-3H3;1-2H3/b11-6-,16-5+;;;. The van der Waals surface area contributed by atoms with Crippen molar-refractivity contribution in [3.8, 4) is 0 Å². The van der Waals surface area contributed by atoms with Gasteiger partial charge in [-0.3, -0.25) is 4.79 Å². The average molecular weight is 490 g/mol. The molecule has 0 aliphatic heterocycles. The number of allylic oxidation sites excluding steroid dienone is 4. The fourth-order valence-electron chi connectivity index (χ4n) is 2.07. The number of aliphatic hydroxyl groups is 2. The zero-order valence-corrected chi connectivity index (χ0v) is 23.8. The minimum absolute atomic E-state index is 0.0860. The van der Waals surface area contributed by atoms with Crippen LogP contribution in [0.5, 0.6) is 0 Å². The van der Waals surface area contributed by atoms with Crippen molar-refractivity contribution in [3.05, 3.63) is 72.0 Å². The Morgan fingerprint density at radius 1 is 1.03 bits per heavy atom. The SMILES string of the molecule is C=C/C=C(N)\C=C/C(C)c1ccc(C(C)=O)cc1.CC.CC(=O)CCC(C)C.CC(C)(C)C(O)O. The molecule has 1 rings (SSSR count). The van der Waals surface area contributed by atoms with Crippen LogP contribution in [-0.2, 0) is 4.79 Å². The van der Waals surface area contributed by atoms with Crippen molar-refractivity contribution in [2.45, 2.75) is 94.3 Å². The largest absolute Gasteiger partial charge is 0.399 e. The molecule has 4 N–H and O–H groups in total. The molecule has 0 radical (unpaired) electrons. The molecule has 0 fully saturated rings. The molecule has 1 aromatic rings. The minimum Gasteiger partial charge on any atom is -0.399 e. The number of hydrogen-bond donors (Lipinski definition) is 3. The van der Waals surface area contributed by atoms with E-state index < -0.39 is 6.29 Å². The van der Waals surface area contributed by atoms with Gasteiger partial charge in [0.2, 0.25) is 0 Å². The van der Waals surface area contributed by atoms with Gasteiger partial charge in [0.15, 0.2) is 12.1 Å². The summed E-state index contributed by atoms with van der Waals surface area (Å²) in [6.07, 6.45) is 7.89. The van der Waals surface area contributed by atoms with E-state index in [2.05, 4.69) is 27.4 Å². The molecule has 0 amide bonds. The summed E-state index contributed by atoms with van der Waals surface area (Å²) in [7, 11) is 0. The van der Waals surface area contributed by atoms with Gasteiger partial charge in [-0.1, -0.05) is 98.4 Å². The van der Waals surface area contributed by atoms with Crippen molar-refractivity contribution in [3.63, 3.8) is 0 Å². The highest BCUT2D eigenvalue weighted by Gasteiger charge is 2.18. The van der Waals surface area contributed by atoms with E-state index in [1.54, 1.807) is 46.8 Å². The van der Waals surface area contributed by atoms with Crippen LogP contribution in [0.25, 0.3) is 0 Å². The van der Waals surface area contributed by atoms with Crippen LogP contribution in [0.15, 0.2) is 60.8 Å². The summed E-state index contributed by atoms with van der Waals surface area (Å²) < 4.78 is 0. The van der Waals surface area contributed by atoms with E-state index in [1.807, 2.05) is 50.3 Å². The first-order valence-corrected chi connectivity index (χ1v) is 12.3. The summed E-state index contributed by atoms with van der Waals surface area (Å²) in [5.41, 5.74) is 7.91. The van der Waals surface area contributed by atoms with Crippen molar-refractivity contribution in [2.24, 2.45) is 17.1 Å². The van der Waals surface area contributed by atoms with Gasteiger partial charge in [0.25, 0.3) is 0 Å². The van der Waals surface area contributed by atoms with Crippen molar-refractivity contribution >= 4 is 11.6 Å². The van der Waals surface area contributed by atoms with Crippen LogP contribution < -0.4 is 5.73 Å². The van der Waals surface area contributed by atoms with Gasteiger partial charge in [0.05, 0.1) is 0 Å².